The van der Waals surface area contributed by atoms with Crippen LogP contribution in [0.5, 0.6) is 0 Å². The van der Waals surface area contributed by atoms with Crippen molar-refractivity contribution in [3.8, 4) is 0 Å². The zero-order valence-electron chi connectivity index (χ0n) is 13.3. The van der Waals surface area contributed by atoms with Crippen LogP contribution in [-0.4, -0.2) is 31.9 Å². The molecule has 2 aliphatic heterocycles. The Labute approximate surface area is 129 Å². The summed E-state index contributed by atoms with van der Waals surface area (Å²) in [5.41, 5.74) is 8.56. The van der Waals surface area contributed by atoms with Crippen molar-refractivity contribution in [3.05, 3.63) is 53.4 Å². The molecule has 0 saturated carbocycles. The summed E-state index contributed by atoms with van der Waals surface area (Å²) in [5, 5.41) is 6.12. The van der Waals surface area contributed by atoms with E-state index in [1.165, 1.54) is 5.70 Å². The summed E-state index contributed by atoms with van der Waals surface area (Å²) in [5.74, 6) is 1.03. The lowest BCUT2D eigenvalue weighted by Crippen LogP contribution is -2.31. The largest absolute Gasteiger partial charge is 0.264 e. The van der Waals surface area contributed by atoms with Crippen molar-refractivity contribution in [2.24, 2.45) is 4.99 Å². The second kappa shape index (κ2) is 5.73. The van der Waals surface area contributed by atoms with E-state index in [1.807, 2.05) is 42.4 Å². The van der Waals surface area contributed by atoms with Crippen molar-refractivity contribution in [1.82, 2.24) is 25.0 Å². The summed E-state index contributed by atoms with van der Waals surface area (Å²) in [4.78, 5) is 8.66. The first kappa shape index (κ1) is 14.5. The lowest BCUT2D eigenvalue weighted by atomic mass is 10.3. The number of hydrogen-bond donors (Lipinski definition) is 1. The van der Waals surface area contributed by atoms with E-state index in [4.69, 9.17) is 0 Å². The molecule has 22 heavy (non-hydrogen) atoms. The topological polar surface area (TPSA) is 57.8 Å². The fourth-order valence-corrected chi connectivity index (χ4v) is 2.61. The molecule has 6 heteroatoms. The molecule has 4 heterocycles. The van der Waals surface area contributed by atoms with Gasteiger partial charge in [0.1, 0.15) is 5.82 Å². The second-order valence-electron chi connectivity index (χ2n) is 5.44. The molecule has 2 aromatic heterocycles. The first-order valence-corrected chi connectivity index (χ1v) is 7.30. The third-order valence-electron chi connectivity index (χ3n) is 3.49. The number of aromatic nitrogens is 3. The van der Waals surface area contributed by atoms with E-state index >= 15 is 0 Å². The lowest BCUT2D eigenvalue weighted by molar-refractivity contribution is 0.350. The highest BCUT2D eigenvalue weighted by Crippen LogP contribution is 2.19. The fraction of sp³-hybridized carbons (Fsp3) is 0.312. The van der Waals surface area contributed by atoms with Gasteiger partial charge >= 0.3 is 0 Å². The maximum Gasteiger partial charge on any atom is 0.155 e. The quantitative estimate of drug-likeness (QED) is 0.811. The molecule has 0 unspecified atom stereocenters. The van der Waals surface area contributed by atoms with Gasteiger partial charge in [0.2, 0.25) is 0 Å². The smallest absolute Gasteiger partial charge is 0.155 e. The van der Waals surface area contributed by atoms with Gasteiger partial charge in [0.05, 0.1) is 6.20 Å². The van der Waals surface area contributed by atoms with E-state index in [0.29, 0.717) is 0 Å². The fourth-order valence-electron chi connectivity index (χ4n) is 2.61. The molecule has 114 valence electrons. The summed E-state index contributed by atoms with van der Waals surface area (Å²) < 4.78 is 1.83. The number of rotatable bonds is 0. The molecule has 6 nitrogen and oxygen atoms in total. The Morgan fingerprint density at radius 2 is 2.00 bits per heavy atom. The Balaban J connectivity index is 0.000000131. The van der Waals surface area contributed by atoms with Gasteiger partial charge in [0, 0.05) is 35.4 Å². The molecule has 0 bridgehead atoms. The molecule has 4 rings (SSSR count). The molecule has 0 spiro atoms. The Bertz CT molecular complexity index is 796. The average Bonchev–Trinajstić information content (AvgIpc) is 3.07. The summed E-state index contributed by atoms with van der Waals surface area (Å²) in [6, 6.07) is 3.92. The number of aliphatic imine (C=N–C) groups is 1. The van der Waals surface area contributed by atoms with Crippen LogP contribution in [-0.2, 0) is 0 Å². The van der Waals surface area contributed by atoms with Crippen molar-refractivity contribution in [2.75, 3.05) is 6.54 Å². The van der Waals surface area contributed by atoms with E-state index in [-0.39, 0.29) is 0 Å². The average molecular weight is 296 g/mol. The highest BCUT2D eigenvalue weighted by Gasteiger charge is 2.18. The number of allylic oxidation sites excluding steroid dienone is 2. The monoisotopic (exact) mass is 296 g/mol. The van der Waals surface area contributed by atoms with Crippen molar-refractivity contribution in [1.29, 1.82) is 0 Å². The van der Waals surface area contributed by atoms with Gasteiger partial charge in [-0.25, -0.2) is 19.9 Å². The summed E-state index contributed by atoms with van der Waals surface area (Å²) >= 11 is 0. The Morgan fingerprint density at radius 3 is 2.82 bits per heavy atom. The molecular formula is C16H20N6. The van der Waals surface area contributed by atoms with Gasteiger partial charge in [-0.05, 0) is 45.9 Å². The molecule has 0 radical (unpaired) electrons. The zero-order valence-corrected chi connectivity index (χ0v) is 13.3. The van der Waals surface area contributed by atoms with E-state index in [1.54, 1.807) is 6.20 Å². The first-order chi connectivity index (χ1) is 10.5. The zero-order chi connectivity index (χ0) is 15.7. The van der Waals surface area contributed by atoms with Crippen LogP contribution in [0.1, 0.15) is 25.2 Å². The molecule has 0 aliphatic carbocycles. The lowest BCUT2D eigenvalue weighted by Gasteiger charge is -2.23. The van der Waals surface area contributed by atoms with Gasteiger partial charge in [0.25, 0.3) is 0 Å². The molecule has 2 aliphatic rings. The molecular weight excluding hydrogens is 276 g/mol. The van der Waals surface area contributed by atoms with Crippen LogP contribution in [0.3, 0.4) is 0 Å². The van der Waals surface area contributed by atoms with Crippen LogP contribution in [0.25, 0.3) is 5.65 Å². The number of aryl methyl sites for hydroxylation is 2. The molecule has 2 aromatic rings. The third kappa shape index (κ3) is 2.78. The van der Waals surface area contributed by atoms with Crippen LogP contribution >= 0.6 is 0 Å². The summed E-state index contributed by atoms with van der Waals surface area (Å²) in [6.07, 6.45) is 5.91. The van der Waals surface area contributed by atoms with Gasteiger partial charge in [0.15, 0.2) is 5.65 Å². The number of nitrogens with zero attached hydrogens (tertiary/aromatic N) is 5. The predicted molar refractivity (Wildman–Crippen MR) is 87.3 cm³/mol. The number of nitrogens with one attached hydrogen (secondary N) is 1. The van der Waals surface area contributed by atoms with Crippen molar-refractivity contribution in [3.63, 3.8) is 0 Å². The third-order valence-corrected chi connectivity index (χ3v) is 3.49. The summed E-state index contributed by atoms with van der Waals surface area (Å²) in [7, 11) is 0. The van der Waals surface area contributed by atoms with Crippen LogP contribution in [0.2, 0.25) is 0 Å². The Hall–Kier alpha value is -2.47. The highest BCUT2D eigenvalue weighted by atomic mass is 15.6. The van der Waals surface area contributed by atoms with Crippen molar-refractivity contribution in [2.45, 2.75) is 27.7 Å². The van der Waals surface area contributed by atoms with E-state index < -0.39 is 0 Å². The summed E-state index contributed by atoms with van der Waals surface area (Å²) in [6.45, 7) is 8.98. The van der Waals surface area contributed by atoms with Gasteiger partial charge in [-0.1, -0.05) is 0 Å². The van der Waals surface area contributed by atoms with E-state index in [0.717, 1.165) is 35.1 Å². The van der Waals surface area contributed by atoms with Crippen LogP contribution in [0.15, 0.2) is 47.0 Å². The molecule has 0 aromatic carbocycles. The molecule has 0 amide bonds. The predicted octanol–water partition coefficient (Wildman–Crippen LogP) is 2.37. The van der Waals surface area contributed by atoms with Crippen LogP contribution in [0.4, 0.5) is 0 Å². The Morgan fingerprint density at radius 1 is 1.18 bits per heavy atom. The SMILES string of the molecule is CC1=CC(C)=NC2=CCNN12.Cc1cc(C)n2nccc2n1. The maximum atomic E-state index is 4.36. The van der Waals surface area contributed by atoms with Gasteiger partial charge in [-0.3, -0.25) is 5.01 Å². The number of hydrogen-bond acceptors (Lipinski definition) is 5. The minimum Gasteiger partial charge on any atom is -0.264 e. The van der Waals surface area contributed by atoms with Gasteiger partial charge in [-0.15, -0.1) is 0 Å². The van der Waals surface area contributed by atoms with Crippen LogP contribution < -0.4 is 5.43 Å². The van der Waals surface area contributed by atoms with Gasteiger partial charge < -0.3 is 0 Å². The highest BCUT2D eigenvalue weighted by molar-refractivity contribution is 5.94. The molecule has 0 fully saturated rings. The minimum absolute atomic E-state index is 0.886. The van der Waals surface area contributed by atoms with Crippen LogP contribution in [0, 0.1) is 13.8 Å². The molecule has 0 atom stereocenters. The number of hydrazine groups is 1. The first-order valence-electron chi connectivity index (χ1n) is 7.30. The second-order valence-corrected chi connectivity index (χ2v) is 5.44. The number of fused-ring (bicyclic) bond motifs is 2. The van der Waals surface area contributed by atoms with E-state index in [2.05, 4.69) is 39.6 Å². The maximum absolute atomic E-state index is 4.36. The van der Waals surface area contributed by atoms with Crippen molar-refractivity contribution >= 4 is 11.4 Å². The Kier molecular flexibility index (Phi) is 3.77. The van der Waals surface area contributed by atoms with Crippen molar-refractivity contribution < 1.29 is 0 Å². The van der Waals surface area contributed by atoms with E-state index in [9.17, 15) is 0 Å². The van der Waals surface area contributed by atoms with Gasteiger partial charge in [-0.2, -0.15) is 5.10 Å². The molecule has 0 saturated heterocycles. The molecule has 1 N–H and O–H groups in total. The standard InChI is InChI=1S/C8H11N3.C8H9N3/c2*1-6-5-7(2)11-8(10-6)3-4-9-11/h3,5,9H,4H2,1-2H3;3-5H,1-2H3. The normalized spacial score (nSPS) is 16.5. The minimum atomic E-state index is 0.886.